The van der Waals surface area contributed by atoms with Crippen molar-refractivity contribution in [1.29, 1.82) is 0 Å². The summed E-state index contributed by atoms with van der Waals surface area (Å²) >= 11 is 0. The van der Waals surface area contributed by atoms with Crippen molar-refractivity contribution in [1.82, 2.24) is 14.0 Å². The van der Waals surface area contributed by atoms with Gasteiger partial charge in [0.15, 0.2) is 5.49 Å². The molecule has 0 atom stereocenters. The molecule has 10 nitrogen and oxygen atoms in total. The summed E-state index contributed by atoms with van der Waals surface area (Å²) in [4.78, 5) is 48.6. The average Bonchev–Trinajstić information content (AvgIpc) is 2.89. The van der Waals surface area contributed by atoms with Crippen LogP contribution in [0, 0.1) is 0 Å². The van der Waals surface area contributed by atoms with E-state index in [1.54, 1.807) is 42.0 Å². The second-order valence-corrected chi connectivity index (χ2v) is 7.86. The Bertz CT molecular complexity index is 1580. The van der Waals surface area contributed by atoms with Crippen LogP contribution in [0.4, 0.5) is 0 Å². The number of pyridine rings is 2. The van der Waals surface area contributed by atoms with Gasteiger partial charge in [0.2, 0.25) is 0 Å². The molecule has 0 fully saturated rings. The Morgan fingerprint density at radius 1 is 1.03 bits per heavy atom. The lowest BCUT2D eigenvalue weighted by molar-refractivity contribution is 0.0523. The van der Waals surface area contributed by atoms with E-state index in [9.17, 15) is 14.4 Å². The summed E-state index contributed by atoms with van der Waals surface area (Å²) in [6.45, 7) is 4.07. The number of ether oxygens (including phenoxy) is 3. The Labute approximate surface area is 206 Å². The van der Waals surface area contributed by atoms with Crippen LogP contribution in [-0.4, -0.2) is 46.7 Å². The van der Waals surface area contributed by atoms with E-state index in [0.29, 0.717) is 35.8 Å². The lowest BCUT2D eigenvalue weighted by atomic mass is 10.1. The second kappa shape index (κ2) is 10.4. The Morgan fingerprint density at radius 3 is 2.39 bits per heavy atom. The molecule has 1 amide bonds. The highest BCUT2D eigenvalue weighted by molar-refractivity contribution is 5.97. The zero-order valence-electron chi connectivity index (χ0n) is 20.5. The minimum absolute atomic E-state index is 0.00390. The van der Waals surface area contributed by atoms with Gasteiger partial charge in [-0.1, -0.05) is 13.0 Å². The largest absolute Gasteiger partial charge is 0.497 e. The highest BCUT2D eigenvalue weighted by atomic mass is 16.5. The third-order valence-electron chi connectivity index (χ3n) is 5.54. The zero-order valence-corrected chi connectivity index (χ0v) is 20.5. The van der Waals surface area contributed by atoms with Gasteiger partial charge in [-0.15, -0.1) is 0 Å². The van der Waals surface area contributed by atoms with E-state index >= 15 is 0 Å². The molecule has 36 heavy (non-hydrogen) atoms. The lowest BCUT2D eigenvalue weighted by Gasteiger charge is -2.14. The molecule has 1 aromatic carbocycles. The molecule has 0 spiro atoms. The first kappa shape index (κ1) is 24.6. The first-order chi connectivity index (χ1) is 17.4. The molecular formula is C26H26N4O6. The normalized spacial score (nSPS) is 11.6. The molecule has 4 rings (SSSR count). The van der Waals surface area contributed by atoms with Crippen LogP contribution in [0.15, 0.2) is 58.4 Å². The van der Waals surface area contributed by atoms with Crippen LogP contribution < -0.4 is 20.5 Å². The van der Waals surface area contributed by atoms with Gasteiger partial charge in [-0.25, -0.2) is 9.78 Å². The van der Waals surface area contributed by atoms with E-state index in [4.69, 9.17) is 14.2 Å². The van der Waals surface area contributed by atoms with E-state index in [1.807, 2.05) is 6.92 Å². The predicted molar refractivity (Wildman–Crippen MR) is 133 cm³/mol. The third-order valence-corrected chi connectivity index (χ3v) is 5.54. The smallest absolute Gasteiger partial charge is 0.341 e. The molecule has 0 unspecified atom stereocenters. The van der Waals surface area contributed by atoms with Gasteiger partial charge in [0, 0.05) is 24.4 Å². The molecule has 0 saturated heterocycles. The van der Waals surface area contributed by atoms with Crippen molar-refractivity contribution < 1.29 is 23.8 Å². The van der Waals surface area contributed by atoms with E-state index in [0.717, 1.165) is 0 Å². The summed E-state index contributed by atoms with van der Waals surface area (Å²) < 4.78 is 18.8. The van der Waals surface area contributed by atoms with Gasteiger partial charge in [0.05, 0.1) is 26.2 Å². The number of hydrogen-bond acceptors (Lipinski definition) is 7. The molecule has 0 N–H and O–H groups in total. The minimum Gasteiger partial charge on any atom is -0.497 e. The molecule has 0 aliphatic heterocycles. The van der Waals surface area contributed by atoms with Crippen molar-refractivity contribution in [3.05, 3.63) is 75.6 Å². The standard InChI is InChI=1S/C26H26N4O6/c1-5-10-30-22-19(25(32)29-11-8-7-9-21(29)27-22)15-20(26(33)36-6-2)23(30)28-24(31)16-12-17(34-3)14-18(13-16)35-4/h7-9,11-15H,5-6,10H2,1-4H3. The van der Waals surface area contributed by atoms with Gasteiger partial charge < -0.3 is 18.8 Å². The van der Waals surface area contributed by atoms with Crippen molar-refractivity contribution in [2.45, 2.75) is 26.8 Å². The summed E-state index contributed by atoms with van der Waals surface area (Å²) in [7, 11) is 2.96. The summed E-state index contributed by atoms with van der Waals surface area (Å²) in [5.41, 5.74) is 0.657. The van der Waals surface area contributed by atoms with Crippen LogP contribution >= 0.6 is 0 Å². The highest BCUT2D eigenvalue weighted by Gasteiger charge is 2.20. The van der Waals surface area contributed by atoms with Gasteiger partial charge in [0.25, 0.3) is 11.5 Å². The number of carbonyl (C=O) groups excluding carboxylic acids is 2. The fourth-order valence-corrected chi connectivity index (χ4v) is 3.88. The molecule has 3 heterocycles. The second-order valence-electron chi connectivity index (χ2n) is 7.86. The van der Waals surface area contributed by atoms with Crippen LogP contribution in [-0.2, 0) is 11.3 Å². The Kier molecular flexibility index (Phi) is 7.14. The molecule has 10 heteroatoms. The van der Waals surface area contributed by atoms with E-state index in [1.165, 1.54) is 36.8 Å². The van der Waals surface area contributed by atoms with Crippen LogP contribution in [0.25, 0.3) is 16.7 Å². The van der Waals surface area contributed by atoms with Crippen molar-refractivity contribution in [2.75, 3.05) is 20.8 Å². The first-order valence-electron chi connectivity index (χ1n) is 11.5. The molecule has 0 bridgehead atoms. The van der Waals surface area contributed by atoms with Gasteiger partial charge in [0.1, 0.15) is 28.4 Å². The van der Waals surface area contributed by atoms with Crippen LogP contribution in [0.2, 0.25) is 0 Å². The van der Waals surface area contributed by atoms with Crippen molar-refractivity contribution >= 4 is 28.6 Å². The molecule has 0 radical (unpaired) electrons. The van der Waals surface area contributed by atoms with Crippen LogP contribution in [0.5, 0.6) is 11.5 Å². The molecule has 0 saturated carbocycles. The summed E-state index contributed by atoms with van der Waals surface area (Å²) in [6, 6.07) is 11.3. The Hall–Kier alpha value is -4.47. The zero-order chi connectivity index (χ0) is 25.8. The number of methoxy groups -OCH3 is 2. The summed E-state index contributed by atoms with van der Waals surface area (Å²) in [6.07, 6.45) is 2.24. The fraction of sp³-hybridized carbons (Fsp3) is 0.269. The van der Waals surface area contributed by atoms with Gasteiger partial charge in [-0.3, -0.25) is 14.0 Å². The maximum Gasteiger partial charge on any atom is 0.341 e. The molecule has 4 aromatic rings. The molecule has 186 valence electrons. The van der Waals surface area contributed by atoms with Gasteiger partial charge in [-0.2, -0.15) is 4.99 Å². The van der Waals surface area contributed by atoms with Gasteiger partial charge in [-0.05, 0) is 43.7 Å². The number of rotatable bonds is 7. The number of benzene rings is 1. The SMILES string of the molecule is CCCn1c(=NC(=O)c2cc(OC)cc(OC)c2)c(C(=O)OCC)cc2c(=O)n3ccccc3nc21. The average molecular weight is 491 g/mol. The number of carbonyl (C=O) groups is 2. The fourth-order valence-electron chi connectivity index (χ4n) is 3.88. The number of amides is 1. The molecule has 0 aliphatic carbocycles. The Balaban J connectivity index is 2.09. The number of fused-ring (bicyclic) bond motifs is 2. The summed E-state index contributed by atoms with van der Waals surface area (Å²) in [5, 5.41) is 0.213. The number of aryl methyl sites for hydroxylation is 1. The molecule has 3 aromatic heterocycles. The minimum atomic E-state index is -0.698. The van der Waals surface area contributed by atoms with Crippen LogP contribution in [0.3, 0.4) is 0 Å². The lowest BCUT2D eigenvalue weighted by Crippen LogP contribution is -2.32. The van der Waals surface area contributed by atoms with E-state index < -0.39 is 11.9 Å². The molecule has 0 aliphatic rings. The third kappa shape index (κ3) is 4.57. The van der Waals surface area contributed by atoms with E-state index in [2.05, 4.69) is 9.98 Å². The van der Waals surface area contributed by atoms with Crippen molar-refractivity contribution in [2.24, 2.45) is 4.99 Å². The monoisotopic (exact) mass is 490 g/mol. The quantitative estimate of drug-likeness (QED) is 0.289. The van der Waals surface area contributed by atoms with Crippen molar-refractivity contribution in [3.8, 4) is 11.5 Å². The Morgan fingerprint density at radius 2 is 1.75 bits per heavy atom. The number of aromatic nitrogens is 3. The topological polar surface area (TPSA) is 113 Å². The molecular weight excluding hydrogens is 464 g/mol. The number of hydrogen-bond donors (Lipinski definition) is 0. The predicted octanol–water partition coefficient (Wildman–Crippen LogP) is 2.99. The maximum absolute atomic E-state index is 13.3. The maximum atomic E-state index is 13.3. The van der Waals surface area contributed by atoms with E-state index in [-0.39, 0.29) is 34.2 Å². The summed E-state index contributed by atoms with van der Waals surface area (Å²) in [5.74, 6) is -0.490. The van der Waals surface area contributed by atoms with Crippen molar-refractivity contribution in [3.63, 3.8) is 0 Å². The van der Waals surface area contributed by atoms with Gasteiger partial charge >= 0.3 is 5.97 Å². The first-order valence-corrected chi connectivity index (χ1v) is 11.5. The number of esters is 1. The van der Waals surface area contributed by atoms with Crippen LogP contribution in [0.1, 0.15) is 41.0 Å². The number of nitrogens with zero attached hydrogens (tertiary/aromatic N) is 4. The highest BCUT2D eigenvalue weighted by Crippen LogP contribution is 2.23.